The number of nitrogens with zero attached hydrogens (tertiary/aromatic N) is 1. The minimum Gasteiger partial charge on any atom is -0.346 e. The first-order valence-electron chi connectivity index (χ1n) is 8.56. The summed E-state index contributed by atoms with van der Waals surface area (Å²) < 4.78 is 0. The third-order valence-electron chi connectivity index (χ3n) is 4.30. The monoisotopic (exact) mass is 371 g/mol. The Labute approximate surface area is 158 Å². The van der Waals surface area contributed by atoms with Gasteiger partial charge in [-0.3, -0.25) is 14.6 Å². The van der Waals surface area contributed by atoms with Crippen LogP contribution in [0, 0.1) is 0 Å². The van der Waals surface area contributed by atoms with Gasteiger partial charge < -0.3 is 10.6 Å². The number of hydrogen-bond donors (Lipinski definition) is 2. The summed E-state index contributed by atoms with van der Waals surface area (Å²) in [5, 5.41) is 6.40. The molecule has 1 fully saturated rings. The summed E-state index contributed by atoms with van der Waals surface area (Å²) in [5.41, 5.74) is 0.843. The number of rotatable bonds is 4. The lowest BCUT2D eigenvalue weighted by Gasteiger charge is -2.20. The maximum absolute atomic E-state index is 12.8. The van der Waals surface area contributed by atoms with Crippen LogP contribution >= 0.6 is 11.6 Å². The molecule has 1 aliphatic rings. The molecule has 1 heterocycles. The van der Waals surface area contributed by atoms with Crippen LogP contribution in [0.15, 0.2) is 42.6 Å². The Bertz CT molecular complexity index is 854. The number of carbonyl (C=O) groups is 2. The predicted octanol–water partition coefficient (Wildman–Crippen LogP) is 3.93. The molecule has 0 atom stereocenters. The third-order valence-corrected chi connectivity index (χ3v) is 4.54. The Hall–Kier alpha value is -2.40. The van der Waals surface area contributed by atoms with Gasteiger partial charge in [0.15, 0.2) is 0 Å². The molecule has 136 valence electrons. The highest BCUT2D eigenvalue weighted by atomic mass is 35.5. The smallest absolute Gasteiger partial charge is 0.270 e. The Kier molecular flexibility index (Phi) is 4.76. The van der Waals surface area contributed by atoms with E-state index in [9.17, 15) is 9.59 Å². The van der Waals surface area contributed by atoms with Gasteiger partial charge in [-0.15, -0.1) is 0 Å². The molecule has 1 aromatic carbocycles. The van der Waals surface area contributed by atoms with E-state index in [1.807, 2.05) is 39.0 Å². The highest BCUT2D eigenvalue weighted by Gasteiger charge is 2.51. The Balaban J connectivity index is 1.76. The zero-order valence-electron chi connectivity index (χ0n) is 15.1. The fraction of sp³-hybridized carbons (Fsp3) is 0.350. The summed E-state index contributed by atoms with van der Waals surface area (Å²) in [7, 11) is 0. The van der Waals surface area contributed by atoms with Crippen LogP contribution in [0.5, 0.6) is 0 Å². The molecule has 1 saturated carbocycles. The molecular weight excluding hydrogens is 350 g/mol. The van der Waals surface area contributed by atoms with E-state index < -0.39 is 5.41 Å². The maximum atomic E-state index is 12.8. The zero-order valence-corrected chi connectivity index (χ0v) is 15.9. The van der Waals surface area contributed by atoms with Gasteiger partial charge >= 0.3 is 0 Å². The van der Waals surface area contributed by atoms with Crippen molar-refractivity contribution in [1.29, 1.82) is 0 Å². The van der Waals surface area contributed by atoms with Gasteiger partial charge in [0.1, 0.15) is 5.69 Å². The van der Waals surface area contributed by atoms with E-state index in [1.54, 1.807) is 18.2 Å². The largest absolute Gasteiger partial charge is 0.346 e. The van der Waals surface area contributed by atoms with Crippen molar-refractivity contribution in [3.8, 4) is 0 Å². The van der Waals surface area contributed by atoms with Gasteiger partial charge in [0.2, 0.25) is 5.91 Å². The lowest BCUT2D eigenvalue weighted by atomic mass is 9.95. The molecule has 2 aromatic rings. The summed E-state index contributed by atoms with van der Waals surface area (Å²) in [6.07, 6.45) is 3.08. The van der Waals surface area contributed by atoms with Gasteiger partial charge in [-0.25, -0.2) is 0 Å². The minimum absolute atomic E-state index is 0.0897. The van der Waals surface area contributed by atoms with Crippen molar-refractivity contribution in [2.75, 3.05) is 5.32 Å². The summed E-state index contributed by atoms with van der Waals surface area (Å²) in [4.78, 5) is 29.2. The molecule has 5 nitrogen and oxygen atoms in total. The fourth-order valence-corrected chi connectivity index (χ4v) is 3.04. The maximum Gasteiger partial charge on any atom is 0.270 e. The van der Waals surface area contributed by atoms with Crippen LogP contribution < -0.4 is 10.6 Å². The Morgan fingerprint density at radius 1 is 1.15 bits per heavy atom. The summed E-state index contributed by atoms with van der Waals surface area (Å²) >= 11 is 6.07. The van der Waals surface area contributed by atoms with E-state index in [0.717, 1.165) is 18.4 Å². The second-order valence-corrected chi connectivity index (χ2v) is 8.12. The summed E-state index contributed by atoms with van der Waals surface area (Å²) in [6, 6.07) is 10.7. The van der Waals surface area contributed by atoms with Crippen LogP contribution in [0.3, 0.4) is 0 Å². The van der Waals surface area contributed by atoms with Crippen LogP contribution in [0.1, 0.15) is 49.7 Å². The molecule has 2 amide bonds. The Morgan fingerprint density at radius 2 is 1.88 bits per heavy atom. The van der Waals surface area contributed by atoms with Crippen molar-refractivity contribution in [3.05, 3.63) is 58.9 Å². The van der Waals surface area contributed by atoms with Gasteiger partial charge in [0.25, 0.3) is 5.91 Å². The molecule has 3 rings (SSSR count). The van der Waals surface area contributed by atoms with Crippen molar-refractivity contribution in [1.82, 2.24) is 10.3 Å². The Morgan fingerprint density at radius 3 is 2.50 bits per heavy atom. The molecular formula is C20H22ClN3O2. The van der Waals surface area contributed by atoms with E-state index in [2.05, 4.69) is 15.6 Å². The average Bonchev–Trinajstić information content (AvgIpc) is 3.35. The van der Waals surface area contributed by atoms with Gasteiger partial charge in [0, 0.05) is 22.4 Å². The highest BCUT2D eigenvalue weighted by Crippen LogP contribution is 2.49. The number of anilines is 1. The number of halogens is 1. The summed E-state index contributed by atoms with van der Waals surface area (Å²) in [6.45, 7) is 5.70. The topological polar surface area (TPSA) is 71.1 Å². The number of amides is 2. The molecule has 0 saturated heterocycles. The molecule has 1 aliphatic carbocycles. The fourth-order valence-electron chi connectivity index (χ4n) is 2.85. The van der Waals surface area contributed by atoms with Crippen LogP contribution in [0.25, 0.3) is 0 Å². The molecule has 0 spiro atoms. The number of nitrogens with one attached hydrogen (secondary N) is 2. The van der Waals surface area contributed by atoms with Crippen molar-refractivity contribution >= 4 is 29.1 Å². The summed E-state index contributed by atoms with van der Waals surface area (Å²) in [5.74, 6) is -0.363. The molecule has 6 heteroatoms. The minimum atomic E-state index is -0.540. The molecule has 26 heavy (non-hydrogen) atoms. The van der Waals surface area contributed by atoms with Crippen molar-refractivity contribution in [3.63, 3.8) is 0 Å². The van der Waals surface area contributed by atoms with Gasteiger partial charge in [-0.1, -0.05) is 23.7 Å². The first-order chi connectivity index (χ1) is 12.2. The first kappa shape index (κ1) is 18.4. The molecule has 0 aliphatic heterocycles. The standard InChI is InChI=1S/C20H22ClN3O2/c1-19(2,3)24-17(25)16-12-15(7-10-22-16)23-18(26)20(8-9-20)13-5-4-6-14(21)11-13/h4-7,10-12H,8-9H2,1-3H3,(H,24,25)(H,22,23,26). The number of pyridine rings is 1. The second-order valence-electron chi connectivity index (χ2n) is 7.68. The molecule has 1 aromatic heterocycles. The van der Waals surface area contributed by atoms with Crippen molar-refractivity contribution in [2.24, 2.45) is 0 Å². The second kappa shape index (κ2) is 6.72. The number of aromatic nitrogens is 1. The molecule has 2 N–H and O–H groups in total. The van der Waals surface area contributed by atoms with Crippen LogP contribution in [-0.4, -0.2) is 22.3 Å². The van der Waals surface area contributed by atoms with Crippen molar-refractivity contribution < 1.29 is 9.59 Å². The van der Waals surface area contributed by atoms with E-state index >= 15 is 0 Å². The van der Waals surface area contributed by atoms with E-state index in [4.69, 9.17) is 11.6 Å². The normalized spacial score (nSPS) is 15.2. The van der Waals surface area contributed by atoms with E-state index in [-0.39, 0.29) is 23.0 Å². The number of hydrogen-bond acceptors (Lipinski definition) is 3. The third kappa shape index (κ3) is 4.05. The SMILES string of the molecule is CC(C)(C)NC(=O)c1cc(NC(=O)C2(c3cccc(Cl)c3)CC2)ccn1. The van der Waals surface area contributed by atoms with Crippen LogP contribution in [0.2, 0.25) is 5.02 Å². The van der Waals surface area contributed by atoms with E-state index in [1.165, 1.54) is 6.20 Å². The zero-order chi connectivity index (χ0) is 18.9. The van der Waals surface area contributed by atoms with Crippen LogP contribution in [0.4, 0.5) is 5.69 Å². The molecule has 0 bridgehead atoms. The van der Waals surface area contributed by atoms with Gasteiger partial charge in [-0.2, -0.15) is 0 Å². The van der Waals surface area contributed by atoms with Crippen molar-refractivity contribution in [2.45, 2.75) is 44.6 Å². The molecule has 0 unspecified atom stereocenters. The highest BCUT2D eigenvalue weighted by molar-refractivity contribution is 6.30. The lowest BCUT2D eigenvalue weighted by Crippen LogP contribution is -2.41. The predicted molar refractivity (Wildman–Crippen MR) is 102 cm³/mol. The molecule has 0 radical (unpaired) electrons. The average molecular weight is 372 g/mol. The number of carbonyl (C=O) groups excluding carboxylic acids is 2. The van der Waals surface area contributed by atoms with Gasteiger partial charge in [-0.05, 0) is 63.4 Å². The van der Waals surface area contributed by atoms with E-state index in [0.29, 0.717) is 10.7 Å². The lowest BCUT2D eigenvalue weighted by molar-refractivity contribution is -0.118. The number of benzene rings is 1. The van der Waals surface area contributed by atoms with Crippen LogP contribution in [-0.2, 0) is 10.2 Å². The quantitative estimate of drug-likeness (QED) is 0.855. The van der Waals surface area contributed by atoms with Gasteiger partial charge in [0.05, 0.1) is 5.41 Å². The first-order valence-corrected chi connectivity index (χ1v) is 8.93.